The monoisotopic (exact) mass is 175 g/mol. The van der Waals surface area contributed by atoms with E-state index in [9.17, 15) is 5.11 Å². The third-order valence-electron chi connectivity index (χ3n) is 2.36. The second-order valence-corrected chi connectivity index (χ2v) is 4.10. The molecular formula is C8H17NOS. The van der Waals surface area contributed by atoms with Crippen LogP contribution < -0.4 is 0 Å². The predicted octanol–water partition coefficient (Wildman–Crippen LogP) is 1.36. The molecule has 11 heavy (non-hydrogen) atoms. The van der Waals surface area contributed by atoms with Crippen LogP contribution in [0.1, 0.15) is 19.8 Å². The maximum absolute atomic E-state index is 9.35. The summed E-state index contributed by atoms with van der Waals surface area (Å²) in [6, 6.07) is 0. The minimum absolute atomic E-state index is 0.134. The van der Waals surface area contributed by atoms with Gasteiger partial charge in [-0.15, -0.1) is 0 Å². The van der Waals surface area contributed by atoms with Crippen molar-refractivity contribution in [3.63, 3.8) is 0 Å². The van der Waals surface area contributed by atoms with Gasteiger partial charge in [0.25, 0.3) is 0 Å². The smallest absolute Gasteiger partial charge is 0.0552 e. The van der Waals surface area contributed by atoms with Gasteiger partial charge >= 0.3 is 0 Å². The molecule has 0 bridgehead atoms. The Bertz CT molecular complexity index is 119. The Morgan fingerprint density at radius 1 is 1.64 bits per heavy atom. The molecule has 2 nitrogen and oxygen atoms in total. The van der Waals surface area contributed by atoms with E-state index in [1.54, 1.807) is 11.9 Å². The number of piperidine rings is 1. The van der Waals surface area contributed by atoms with Gasteiger partial charge in [0, 0.05) is 13.1 Å². The van der Waals surface area contributed by atoms with Crippen molar-refractivity contribution in [1.82, 2.24) is 4.31 Å². The van der Waals surface area contributed by atoms with Gasteiger partial charge in [-0.05, 0) is 31.9 Å². The largest absolute Gasteiger partial charge is 0.393 e. The van der Waals surface area contributed by atoms with Crippen LogP contribution in [0.4, 0.5) is 0 Å². The molecule has 1 heterocycles. The van der Waals surface area contributed by atoms with Crippen molar-refractivity contribution >= 4 is 11.9 Å². The summed E-state index contributed by atoms with van der Waals surface area (Å²) in [5.74, 6) is 0.496. The second-order valence-electron chi connectivity index (χ2n) is 3.21. The molecule has 1 aliphatic rings. The predicted molar refractivity (Wildman–Crippen MR) is 49.5 cm³/mol. The zero-order valence-electron chi connectivity index (χ0n) is 7.29. The summed E-state index contributed by atoms with van der Waals surface area (Å²) >= 11 is 1.79. The Balaban J connectivity index is 2.33. The topological polar surface area (TPSA) is 23.5 Å². The lowest BCUT2D eigenvalue weighted by molar-refractivity contribution is 0.0912. The van der Waals surface area contributed by atoms with E-state index in [-0.39, 0.29) is 6.10 Å². The quantitative estimate of drug-likeness (QED) is 0.641. The molecule has 1 fully saturated rings. The van der Waals surface area contributed by atoms with Crippen LogP contribution in [0.3, 0.4) is 0 Å². The summed E-state index contributed by atoms with van der Waals surface area (Å²) in [4.78, 5) is 0. The highest BCUT2D eigenvalue weighted by molar-refractivity contribution is 7.96. The Morgan fingerprint density at radius 2 is 2.36 bits per heavy atom. The maximum Gasteiger partial charge on any atom is 0.0552 e. The number of aliphatic hydroxyl groups is 1. The minimum atomic E-state index is -0.134. The standard InChI is InChI=1S/C8H17NOS/c1-7(10)8-4-3-5-9(6-8)11-2/h7-8,10H,3-6H2,1-2H3/t7-,8+/m1/s1. The van der Waals surface area contributed by atoms with Gasteiger partial charge < -0.3 is 5.11 Å². The van der Waals surface area contributed by atoms with E-state index in [1.165, 1.54) is 19.4 Å². The van der Waals surface area contributed by atoms with Crippen LogP contribution in [0.2, 0.25) is 0 Å². The molecule has 0 radical (unpaired) electrons. The van der Waals surface area contributed by atoms with Gasteiger partial charge in [-0.2, -0.15) is 0 Å². The molecule has 0 unspecified atom stereocenters. The van der Waals surface area contributed by atoms with Crippen LogP contribution in [0.5, 0.6) is 0 Å². The van der Waals surface area contributed by atoms with Crippen molar-refractivity contribution in [1.29, 1.82) is 0 Å². The van der Waals surface area contributed by atoms with E-state index in [1.807, 2.05) is 6.92 Å². The summed E-state index contributed by atoms with van der Waals surface area (Å²) in [5, 5.41) is 9.35. The third-order valence-corrected chi connectivity index (χ3v) is 3.21. The van der Waals surface area contributed by atoms with Crippen molar-refractivity contribution in [2.24, 2.45) is 5.92 Å². The molecule has 0 amide bonds. The van der Waals surface area contributed by atoms with E-state index in [2.05, 4.69) is 10.6 Å². The summed E-state index contributed by atoms with van der Waals surface area (Å²) in [5.41, 5.74) is 0. The van der Waals surface area contributed by atoms with Crippen LogP contribution in [-0.4, -0.2) is 34.9 Å². The molecule has 3 heteroatoms. The maximum atomic E-state index is 9.35. The van der Waals surface area contributed by atoms with Crippen molar-refractivity contribution < 1.29 is 5.11 Å². The average molecular weight is 175 g/mol. The normalized spacial score (nSPS) is 30.3. The molecule has 1 aliphatic heterocycles. The first kappa shape index (κ1) is 9.36. The van der Waals surface area contributed by atoms with Gasteiger partial charge in [-0.25, -0.2) is 0 Å². The van der Waals surface area contributed by atoms with Crippen molar-refractivity contribution in [3.8, 4) is 0 Å². The zero-order chi connectivity index (χ0) is 8.27. The molecule has 66 valence electrons. The van der Waals surface area contributed by atoms with Crippen LogP contribution in [0.15, 0.2) is 0 Å². The fraction of sp³-hybridized carbons (Fsp3) is 1.00. The first-order valence-electron chi connectivity index (χ1n) is 4.21. The fourth-order valence-corrected chi connectivity index (χ4v) is 2.19. The highest BCUT2D eigenvalue weighted by atomic mass is 32.2. The molecule has 1 saturated heterocycles. The number of hydrogen-bond donors (Lipinski definition) is 1. The molecule has 0 aliphatic carbocycles. The van der Waals surface area contributed by atoms with Crippen LogP contribution in [-0.2, 0) is 0 Å². The molecule has 0 aromatic heterocycles. The first-order valence-corrected chi connectivity index (χ1v) is 5.39. The molecule has 1 N–H and O–H groups in total. The molecular weight excluding hydrogens is 158 g/mol. The zero-order valence-corrected chi connectivity index (χ0v) is 8.10. The summed E-state index contributed by atoms with van der Waals surface area (Å²) in [7, 11) is 0. The van der Waals surface area contributed by atoms with E-state index in [0.717, 1.165) is 6.54 Å². The molecule has 0 saturated carbocycles. The Kier molecular flexibility index (Phi) is 3.69. The Hall–Kier alpha value is 0.270. The molecule has 0 aromatic rings. The van der Waals surface area contributed by atoms with Crippen molar-refractivity contribution in [2.45, 2.75) is 25.9 Å². The van der Waals surface area contributed by atoms with Crippen LogP contribution >= 0.6 is 11.9 Å². The van der Waals surface area contributed by atoms with Gasteiger partial charge in [-0.1, -0.05) is 11.9 Å². The van der Waals surface area contributed by atoms with Gasteiger partial charge in [0.1, 0.15) is 0 Å². The molecule has 0 aromatic carbocycles. The Labute approximate surface area is 73.1 Å². The lowest BCUT2D eigenvalue weighted by atomic mass is 9.95. The summed E-state index contributed by atoms with van der Waals surface area (Å²) in [6.07, 6.45) is 4.39. The number of nitrogens with zero attached hydrogens (tertiary/aromatic N) is 1. The summed E-state index contributed by atoms with van der Waals surface area (Å²) < 4.78 is 2.33. The van der Waals surface area contributed by atoms with Gasteiger partial charge in [0.2, 0.25) is 0 Å². The van der Waals surface area contributed by atoms with E-state index in [0.29, 0.717) is 5.92 Å². The van der Waals surface area contributed by atoms with Gasteiger partial charge in [0.15, 0.2) is 0 Å². The van der Waals surface area contributed by atoms with Gasteiger partial charge in [-0.3, -0.25) is 4.31 Å². The highest BCUT2D eigenvalue weighted by Crippen LogP contribution is 2.23. The lowest BCUT2D eigenvalue weighted by Crippen LogP contribution is -2.35. The molecule has 0 spiro atoms. The SMILES string of the molecule is CSN1CCC[C@H]([C@@H](C)O)C1. The van der Waals surface area contributed by atoms with E-state index < -0.39 is 0 Å². The third kappa shape index (κ3) is 2.65. The van der Waals surface area contributed by atoms with Crippen molar-refractivity contribution in [2.75, 3.05) is 19.3 Å². The van der Waals surface area contributed by atoms with Crippen LogP contribution in [0.25, 0.3) is 0 Å². The number of hydrogen-bond acceptors (Lipinski definition) is 3. The first-order chi connectivity index (χ1) is 5.24. The lowest BCUT2D eigenvalue weighted by Gasteiger charge is -2.32. The average Bonchev–Trinajstić information content (AvgIpc) is 2.05. The molecule has 2 atom stereocenters. The van der Waals surface area contributed by atoms with Crippen molar-refractivity contribution in [3.05, 3.63) is 0 Å². The summed E-state index contributed by atoms with van der Waals surface area (Å²) in [6.45, 7) is 4.14. The van der Waals surface area contributed by atoms with E-state index >= 15 is 0 Å². The number of rotatable bonds is 2. The second kappa shape index (κ2) is 4.33. The minimum Gasteiger partial charge on any atom is -0.393 e. The van der Waals surface area contributed by atoms with Gasteiger partial charge in [0.05, 0.1) is 6.10 Å². The highest BCUT2D eigenvalue weighted by Gasteiger charge is 2.22. The number of aliphatic hydroxyl groups excluding tert-OH is 1. The van der Waals surface area contributed by atoms with E-state index in [4.69, 9.17) is 0 Å². The fourth-order valence-electron chi connectivity index (χ4n) is 1.53. The van der Waals surface area contributed by atoms with Crippen LogP contribution in [0, 0.1) is 5.92 Å². The Morgan fingerprint density at radius 3 is 2.91 bits per heavy atom. The molecule has 1 rings (SSSR count).